The first-order valence-corrected chi connectivity index (χ1v) is 11.6. The first-order valence-electron chi connectivity index (χ1n) is 18.1. The van der Waals surface area contributed by atoms with Crippen molar-refractivity contribution in [2.45, 2.75) is 0 Å². The van der Waals surface area contributed by atoms with Gasteiger partial charge in [0.2, 0.25) is 0 Å². The van der Waals surface area contributed by atoms with Crippen molar-refractivity contribution >= 4 is 54.3 Å². The van der Waals surface area contributed by atoms with Crippen LogP contribution in [0.3, 0.4) is 0 Å². The van der Waals surface area contributed by atoms with E-state index in [-0.39, 0.29) is 32.7 Å². The highest BCUT2D eigenvalue weighted by molar-refractivity contribution is 6.28. The summed E-state index contributed by atoms with van der Waals surface area (Å²) >= 11 is 0. The summed E-state index contributed by atoms with van der Waals surface area (Å²) in [6.45, 7) is 0. The summed E-state index contributed by atoms with van der Waals surface area (Å²) in [5.41, 5.74) is 0.392. The maximum absolute atomic E-state index is 9.31. The highest BCUT2D eigenvalue weighted by Crippen LogP contribution is 2.48. The van der Waals surface area contributed by atoms with E-state index in [1.54, 1.807) is 24.3 Å². The second-order valence-corrected chi connectivity index (χ2v) is 8.70. The van der Waals surface area contributed by atoms with E-state index in [2.05, 4.69) is 0 Å². The molecule has 0 fully saturated rings. The monoisotopic (exact) mass is 483 g/mol. The van der Waals surface area contributed by atoms with Crippen molar-refractivity contribution in [1.29, 1.82) is 0 Å². The molecule has 8 aromatic rings. The SMILES string of the molecule is [2H]c1c([2H])c([2H])c(-c2c3c([2H])c([2H])c([2H])c([2H])c3c(-c3c4ccccc4cc4c3oc3ccccc34)c3c([2H])c([2H])c([2H])c([2H])c23)c([2H])c1[2H]. The summed E-state index contributed by atoms with van der Waals surface area (Å²) in [6, 6.07) is 8.03. The van der Waals surface area contributed by atoms with Crippen molar-refractivity contribution in [2.24, 2.45) is 0 Å². The van der Waals surface area contributed by atoms with E-state index in [0.717, 1.165) is 10.8 Å². The molecule has 0 amide bonds. The molecule has 0 aliphatic heterocycles. The Hall–Kier alpha value is -4.88. The number of furan rings is 1. The topological polar surface area (TPSA) is 13.1 Å². The molecule has 0 bridgehead atoms. The molecule has 8 rings (SSSR count). The van der Waals surface area contributed by atoms with Crippen LogP contribution in [0.15, 0.2) is 138 Å². The molecule has 1 heteroatoms. The third kappa shape index (κ3) is 2.92. The van der Waals surface area contributed by atoms with Gasteiger partial charge >= 0.3 is 0 Å². The summed E-state index contributed by atoms with van der Waals surface area (Å²) in [5, 5.41) is 1.85. The summed E-state index contributed by atoms with van der Waals surface area (Å²) < 4.78 is 121. The molecule has 0 unspecified atom stereocenters. The number of hydrogen-bond acceptors (Lipinski definition) is 1. The maximum Gasteiger partial charge on any atom is 0.143 e. The van der Waals surface area contributed by atoms with E-state index >= 15 is 0 Å². The molecule has 1 heterocycles. The van der Waals surface area contributed by atoms with Gasteiger partial charge in [-0.2, -0.15) is 0 Å². The zero-order chi connectivity index (χ0) is 35.7. The van der Waals surface area contributed by atoms with Crippen LogP contribution in [0.5, 0.6) is 0 Å². The number of hydrogen-bond donors (Lipinski definition) is 0. The van der Waals surface area contributed by atoms with Crippen LogP contribution in [-0.2, 0) is 0 Å². The van der Waals surface area contributed by atoms with Gasteiger partial charge in [0, 0.05) is 21.9 Å². The first kappa shape index (κ1) is 11.5. The second kappa shape index (κ2) is 7.81. The highest BCUT2D eigenvalue weighted by atomic mass is 16.3. The van der Waals surface area contributed by atoms with Gasteiger partial charge in [-0.15, -0.1) is 0 Å². The fraction of sp³-hybridized carbons (Fsp3) is 0. The van der Waals surface area contributed by atoms with E-state index in [0.29, 0.717) is 27.5 Å². The predicted octanol–water partition coefficient (Wildman–Crippen LogP) is 10.4. The van der Waals surface area contributed by atoms with Crippen LogP contribution in [0.25, 0.3) is 76.5 Å². The van der Waals surface area contributed by atoms with E-state index in [4.69, 9.17) is 16.8 Å². The van der Waals surface area contributed by atoms with Crippen LogP contribution in [-0.4, -0.2) is 0 Å². The average Bonchev–Trinajstić information content (AvgIpc) is 3.49. The smallest absolute Gasteiger partial charge is 0.143 e. The normalized spacial score (nSPS) is 16.7. The third-order valence-corrected chi connectivity index (χ3v) is 6.77. The minimum absolute atomic E-state index is 0.0333. The summed E-state index contributed by atoms with van der Waals surface area (Å²) in [6.07, 6.45) is 0. The number of fused-ring (bicyclic) bond motifs is 6. The maximum atomic E-state index is 9.31. The molecule has 172 valence electrons. The molecule has 0 saturated heterocycles. The van der Waals surface area contributed by atoms with Crippen LogP contribution in [0.1, 0.15) is 17.8 Å². The molecule has 7 aromatic carbocycles. The minimum atomic E-state index is -0.717. The van der Waals surface area contributed by atoms with Crippen molar-refractivity contribution in [2.75, 3.05) is 0 Å². The Morgan fingerprint density at radius 1 is 0.459 bits per heavy atom. The Kier molecular flexibility index (Phi) is 2.42. The standard InChI is InChI=1S/C36H22O/c1-2-12-23(13-3-1)33-27-17-6-8-19-29(27)34(30-20-9-7-18-28(30)33)35-25-15-5-4-14-24(25)22-31-26-16-10-11-21-32(26)37-36(31)35/h1-22H/i1D,2D,3D,6D,7D,8D,9D,12D,13D,17D,18D,19D,20D. The van der Waals surface area contributed by atoms with Gasteiger partial charge in [-0.3, -0.25) is 0 Å². The van der Waals surface area contributed by atoms with Gasteiger partial charge in [-0.1, -0.05) is 121 Å². The van der Waals surface area contributed by atoms with E-state index in [1.165, 1.54) is 0 Å². The molecule has 0 N–H and O–H groups in total. The van der Waals surface area contributed by atoms with Crippen molar-refractivity contribution < 1.29 is 22.2 Å². The fourth-order valence-corrected chi connectivity index (χ4v) is 5.27. The molecule has 1 aromatic heterocycles. The van der Waals surface area contributed by atoms with E-state index in [1.807, 2.05) is 30.3 Å². The molecule has 37 heavy (non-hydrogen) atoms. The molecule has 0 aliphatic carbocycles. The van der Waals surface area contributed by atoms with Crippen molar-refractivity contribution in [3.05, 3.63) is 133 Å². The molecule has 0 atom stereocenters. The van der Waals surface area contributed by atoms with Gasteiger partial charge in [-0.05, 0) is 55.6 Å². The number of para-hydroxylation sites is 1. The van der Waals surface area contributed by atoms with Gasteiger partial charge in [0.1, 0.15) is 11.2 Å². The highest BCUT2D eigenvalue weighted by Gasteiger charge is 2.22. The second-order valence-electron chi connectivity index (χ2n) is 8.70. The van der Waals surface area contributed by atoms with Gasteiger partial charge in [-0.25, -0.2) is 0 Å². The van der Waals surface area contributed by atoms with Crippen LogP contribution in [0, 0.1) is 0 Å². The van der Waals surface area contributed by atoms with Crippen molar-refractivity contribution in [3.63, 3.8) is 0 Å². The van der Waals surface area contributed by atoms with E-state index < -0.39 is 84.1 Å². The molecule has 0 radical (unpaired) electrons. The lowest BCUT2D eigenvalue weighted by molar-refractivity contribution is 0.670. The summed E-state index contributed by atoms with van der Waals surface area (Å²) in [5.74, 6) is 0. The quantitative estimate of drug-likeness (QED) is 0.223. The van der Waals surface area contributed by atoms with Crippen LogP contribution < -0.4 is 0 Å². The summed E-state index contributed by atoms with van der Waals surface area (Å²) in [4.78, 5) is 0. The van der Waals surface area contributed by atoms with Gasteiger partial charge < -0.3 is 4.42 Å². The lowest BCUT2D eigenvalue weighted by Gasteiger charge is -2.19. The lowest BCUT2D eigenvalue weighted by Crippen LogP contribution is -1.92. The Morgan fingerprint density at radius 2 is 1.03 bits per heavy atom. The molecule has 1 nitrogen and oxygen atoms in total. The van der Waals surface area contributed by atoms with E-state index in [9.17, 15) is 5.48 Å². The van der Waals surface area contributed by atoms with Gasteiger partial charge in [0.15, 0.2) is 0 Å². The van der Waals surface area contributed by atoms with Crippen LogP contribution in [0.4, 0.5) is 0 Å². The largest absolute Gasteiger partial charge is 0.455 e. The Bertz CT molecular complexity index is 2750. The predicted molar refractivity (Wildman–Crippen MR) is 157 cm³/mol. The lowest BCUT2D eigenvalue weighted by atomic mass is 9.84. The van der Waals surface area contributed by atoms with Gasteiger partial charge in [0.25, 0.3) is 0 Å². The van der Waals surface area contributed by atoms with Gasteiger partial charge in [0.05, 0.1) is 17.8 Å². The molecule has 0 aliphatic rings. The molecular weight excluding hydrogens is 448 g/mol. The van der Waals surface area contributed by atoms with Crippen LogP contribution in [0.2, 0.25) is 0 Å². The number of rotatable bonds is 2. The van der Waals surface area contributed by atoms with Crippen LogP contribution >= 0.6 is 0 Å². The molecule has 0 saturated carbocycles. The average molecular weight is 484 g/mol. The molecular formula is C36H22O. The Labute approximate surface area is 232 Å². The Morgan fingerprint density at radius 3 is 1.73 bits per heavy atom. The minimum Gasteiger partial charge on any atom is -0.455 e. The molecule has 0 spiro atoms. The Balaban J connectivity index is 1.80. The van der Waals surface area contributed by atoms with Crippen molar-refractivity contribution in [3.8, 4) is 22.3 Å². The zero-order valence-electron chi connectivity index (χ0n) is 32.1. The number of benzene rings is 7. The third-order valence-electron chi connectivity index (χ3n) is 6.77. The first-order chi connectivity index (χ1) is 23.8. The fourth-order valence-electron chi connectivity index (χ4n) is 5.27. The zero-order valence-corrected chi connectivity index (χ0v) is 19.1. The van der Waals surface area contributed by atoms with Crippen molar-refractivity contribution in [1.82, 2.24) is 0 Å². The summed E-state index contributed by atoms with van der Waals surface area (Å²) in [7, 11) is 0.